The maximum absolute atomic E-state index is 13.4. The van der Waals surface area contributed by atoms with Crippen molar-refractivity contribution in [3.63, 3.8) is 0 Å². The zero-order valence-corrected chi connectivity index (χ0v) is 20.3. The summed E-state index contributed by atoms with van der Waals surface area (Å²) in [7, 11) is 1.56. The molecule has 0 amide bonds. The summed E-state index contributed by atoms with van der Waals surface area (Å²) in [4.78, 5) is 21.6. The second-order valence-corrected chi connectivity index (χ2v) is 9.06. The molecule has 1 aliphatic rings. The van der Waals surface area contributed by atoms with E-state index < -0.39 is 11.9 Å². The number of hydrogen-bond acceptors (Lipinski definition) is 9. The summed E-state index contributed by atoms with van der Waals surface area (Å²) in [6.45, 7) is 4.48. The van der Waals surface area contributed by atoms with Gasteiger partial charge in [-0.25, -0.2) is 15.0 Å². The van der Waals surface area contributed by atoms with Gasteiger partial charge in [-0.2, -0.15) is 29.5 Å². The van der Waals surface area contributed by atoms with Gasteiger partial charge in [-0.3, -0.25) is 4.90 Å². The van der Waals surface area contributed by atoms with Gasteiger partial charge < -0.3 is 15.0 Å². The van der Waals surface area contributed by atoms with Crippen molar-refractivity contribution < 1.29 is 17.9 Å². The van der Waals surface area contributed by atoms with E-state index in [1.165, 1.54) is 17.4 Å². The lowest BCUT2D eigenvalue weighted by molar-refractivity contribution is -0.140. The molecule has 1 aliphatic heterocycles. The Bertz CT molecular complexity index is 1330. The van der Waals surface area contributed by atoms with E-state index >= 15 is 0 Å². The summed E-state index contributed by atoms with van der Waals surface area (Å²) in [6, 6.07) is 6.09. The number of rotatable bonds is 7. The van der Waals surface area contributed by atoms with E-state index in [0.29, 0.717) is 53.7 Å². The molecule has 0 spiro atoms. The van der Waals surface area contributed by atoms with Crippen LogP contribution in [0.25, 0.3) is 22.0 Å². The lowest BCUT2D eigenvalue weighted by atomic mass is 10.1. The van der Waals surface area contributed by atoms with E-state index in [0.717, 1.165) is 31.3 Å². The first-order valence-corrected chi connectivity index (χ1v) is 12.3. The first-order valence-electron chi connectivity index (χ1n) is 11.4. The number of anilines is 2. The van der Waals surface area contributed by atoms with Gasteiger partial charge in [-0.1, -0.05) is 0 Å². The molecule has 1 saturated heterocycles. The Labute approximate surface area is 209 Å². The predicted octanol–water partition coefficient (Wildman–Crippen LogP) is 4.41. The third-order valence-corrected chi connectivity index (χ3v) is 6.74. The van der Waals surface area contributed by atoms with Crippen LogP contribution >= 0.6 is 11.3 Å². The normalized spacial score (nSPS) is 14.8. The van der Waals surface area contributed by atoms with Crippen molar-refractivity contribution in [1.29, 1.82) is 0 Å². The number of pyridine rings is 2. The summed E-state index contributed by atoms with van der Waals surface area (Å²) >= 11 is 1.48. The van der Waals surface area contributed by atoms with Gasteiger partial charge in [0.05, 0.1) is 12.6 Å². The maximum Gasteiger partial charge on any atom is 0.433 e. The lowest BCUT2D eigenvalue weighted by Crippen LogP contribution is -2.48. The van der Waals surface area contributed by atoms with Crippen LogP contribution in [0, 0.1) is 0 Å². The van der Waals surface area contributed by atoms with Crippen LogP contribution in [0.15, 0.2) is 47.4 Å². The van der Waals surface area contributed by atoms with E-state index in [2.05, 4.69) is 35.1 Å². The molecule has 0 atom stereocenters. The number of thiophene rings is 1. The molecule has 36 heavy (non-hydrogen) atoms. The first-order chi connectivity index (χ1) is 17.4. The highest BCUT2D eigenvalue weighted by molar-refractivity contribution is 7.08. The molecule has 188 valence electrons. The fraction of sp³-hybridized carbons (Fsp3) is 0.333. The van der Waals surface area contributed by atoms with Gasteiger partial charge in [0.25, 0.3) is 0 Å². The number of alkyl halides is 3. The van der Waals surface area contributed by atoms with Gasteiger partial charge in [0, 0.05) is 68.7 Å². The van der Waals surface area contributed by atoms with Crippen molar-refractivity contribution in [2.24, 2.45) is 0 Å². The topological polar surface area (TPSA) is 79.3 Å². The smallest absolute Gasteiger partial charge is 0.433 e. The molecule has 8 nitrogen and oxygen atoms in total. The molecular weight excluding hydrogens is 491 g/mol. The Morgan fingerprint density at radius 2 is 1.89 bits per heavy atom. The number of nitrogens with zero attached hydrogens (tertiary/aromatic N) is 6. The molecule has 1 fully saturated rings. The van der Waals surface area contributed by atoms with Crippen LogP contribution in [0.3, 0.4) is 0 Å². The predicted molar refractivity (Wildman–Crippen MR) is 134 cm³/mol. The first kappa shape index (κ1) is 24.2. The van der Waals surface area contributed by atoms with Crippen molar-refractivity contribution in [2.45, 2.75) is 6.18 Å². The standard InChI is InChI=1S/C24H24F3N7OS/c1-35-20-4-6-28-23(32-20)29-7-8-33-9-11-34(12-10-33)22-17-2-3-19(24(25,26)27)31-21(17)18(14-30-22)16-5-13-36-15-16/h2-6,13-15H,7-12H2,1H3,(H,28,29,32). The van der Waals surface area contributed by atoms with Crippen LogP contribution in [-0.2, 0) is 6.18 Å². The largest absolute Gasteiger partial charge is 0.481 e. The van der Waals surface area contributed by atoms with E-state index in [4.69, 9.17) is 4.74 Å². The molecule has 5 rings (SSSR count). The van der Waals surface area contributed by atoms with Crippen molar-refractivity contribution >= 4 is 34.0 Å². The molecule has 0 aromatic carbocycles. The Balaban J connectivity index is 1.29. The van der Waals surface area contributed by atoms with Gasteiger partial charge in [-0.15, -0.1) is 0 Å². The molecule has 4 aromatic heterocycles. The minimum absolute atomic E-state index is 0.318. The molecule has 0 bridgehead atoms. The Kier molecular flexibility index (Phi) is 6.88. The number of fused-ring (bicyclic) bond motifs is 1. The SMILES string of the molecule is COc1ccnc(NCCN2CCN(c3ncc(-c4ccsc4)c4nc(C(F)(F)F)ccc34)CC2)n1. The number of methoxy groups -OCH3 is 1. The number of halogens is 3. The highest BCUT2D eigenvalue weighted by Gasteiger charge is 2.33. The number of piperazine rings is 1. The fourth-order valence-electron chi connectivity index (χ4n) is 4.19. The van der Waals surface area contributed by atoms with Crippen LogP contribution in [0.2, 0.25) is 0 Å². The lowest BCUT2D eigenvalue weighted by Gasteiger charge is -2.36. The van der Waals surface area contributed by atoms with Gasteiger partial charge in [0.2, 0.25) is 11.8 Å². The number of hydrogen-bond donors (Lipinski definition) is 1. The van der Waals surface area contributed by atoms with Crippen LogP contribution in [0.4, 0.5) is 24.9 Å². The highest BCUT2D eigenvalue weighted by atomic mass is 32.1. The van der Waals surface area contributed by atoms with Gasteiger partial charge in [0.15, 0.2) is 0 Å². The summed E-state index contributed by atoms with van der Waals surface area (Å²) in [5.74, 6) is 1.68. The summed E-state index contributed by atoms with van der Waals surface area (Å²) in [5, 5.41) is 7.60. The molecule has 0 radical (unpaired) electrons. The Morgan fingerprint density at radius 1 is 1.06 bits per heavy atom. The summed E-state index contributed by atoms with van der Waals surface area (Å²) < 4.78 is 45.4. The van der Waals surface area contributed by atoms with Crippen LogP contribution < -0.4 is 15.0 Å². The van der Waals surface area contributed by atoms with Crippen molar-refractivity contribution in [2.75, 3.05) is 56.6 Å². The summed E-state index contributed by atoms with van der Waals surface area (Å²) in [6.07, 6.45) is -1.24. The van der Waals surface area contributed by atoms with Crippen molar-refractivity contribution in [3.05, 3.63) is 53.1 Å². The monoisotopic (exact) mass is 515 g/mol. The average Bonchev–Trinajstić information content (AvgIpc) is 3.43. The van der Waals surface area contributed by atoms with Crippen molar-refractivity contribution in [3.8, 4) is 17.0 Å². The van der Waals surface area contributed by atoms with Crippen LogP contribution in [0.1, 0.15) is 5.69 Å². The fourth-order valence-corrected chi connectivity index (χ4v) is 4.85. The molecule has 4 aromatic rings. The highest BCUT2D eigenvalue weighted by Crippen LogP contribution is 2.36. The third kappa shape index (κ3) is 5.19. The average molecular weight is 516 g/mol. The molecule has 5 heterocycles. The van der Waals surface area contributed by atoms with Gasteiger partial charge in [-0.05, 0) is 34.5 Å². The molecule has 0 saturated carbocycles. The quantitative estimate of drug-likeness (QED) is 0.388. The van der Waals surface area contributed by atoms with E-state index in [1.54, 1.807) is 25.6 Å². The molecule has 0 unspecified atom stereocenters. The van der Waals surface area contributed by atoms with Crippen LogP contribution in [-0.4, -0.2) is 71.2 Å². The van der Waals surface area contributed by atoms with Gasteiger partial charge >= 0.3 is 6.18 Å². The minimum Gasteiger partial charge on any atom is -0.481 e. The van der Waals surface area contributed by atoms with Gasteiger partial charge in [0.1, 0.15) is 11.5 Å². The molecule has 0 aliphatic carbocycles. The Morgan fingerprint density at radius 3 is 2.61 bits per heavy atom. The number of ether oxygens (including phenoxy) is 1. The molecular formula is C24H24F3N7OS. The molecule has 1 N–H and O–H groups in total. The number of nitrogens with one attached hydrogen (secondary N) is 1. The van der Waals surface area contributed by atoms with E-state index in [-0.39, 0.29) is 0 Å². The molecule has 12 heteroatoms. The van der Waals surface area contributed by atoms with E-state index in [1.807, 2.05) is 16.8 Å². The Hall–Kier alpha value is -3.51. The second-order valence-electron chi connectivity index (χ2n) is 8.28. The summed E-state index contributed by atoms with van der Waals surface area (Å²) in [5.41, 5.74) is 0.831. The minimum atomic E-state index is -4.51. The second kappa shape index (κ2) is 10.2. The third-order valence-electron chi connectivity index (χ3n) is 6.05. The van der Waals surface area contributed by atoms with E-state index in [9.17, 15) is 13.2 Å². The zero-order chi connectivity index (χ0) is 25.1. The van der Waals surface area contributed by atoms with Crippen LogP contribution in [0.5, 0.6) is 5.88 Å². The maximum atomic E-state index is 13.4. The zero-order valence-electron chi connectivity index (χ0n) is 19.5. The number of aromatic nitrogens is 4. The van der Waals surface area contributed by atoms with Crippen molar-refractivity contribution in [1.82, 2.24) is 24.8 Å².